The number of hydrogen-bond donors (Lipinski definition) is 0. The van der Waals surface area contributed by atoms with E-state index in [-0.39, 0.29) is 0 Å². The number of fused-ring (bicyclic) bond motifs is 1. The molecule has 2 atom stereocenters. The molecule has 1 saturated carbocycles. The van der Waals surface area contributed by atoms with Crippen LogP contribution in [0.25, 0.3) is 11.2 Å². The van der Waals surface area contributed by atoms with Gasteiger partial charge >= 0.3 is 0 Å². The van der Waals surface area contributed by atoms with Gasteiger partial charge in [0.15, 0.2) is 5.65 Å². The quantitative estimate of drug-likeness (QED) is 0.776. The summed E-state index contributed by atoms with van der Waals surface area (Å²) in [6.45, 7) is 3.34. The number of rotatable bonds is 3. The third kappa shape index (κ3) is 2.52. The van der Waals surface area contributed by atoms with Crippen LogP contribution in [0, 0.1) is 11.8 Å². The van der Waals surface area contributed by atoms with Crippen LogP contribution in [0.5, 0.6) is 0 Å². The Bertz CT molecular complexity index is 596. The third-order valence-corrected chi connectivity index (χ3v) is 4.88. The molecule has 2 heterocycles. The molecular formula is C14H17BrClN3. The van der Waals surface area contributed by atoms with E-state index in [0.717, 1.165) is 39.8 Å². The Morgan fingerprint density at radius 1 is 1.47 bits per heavy atom. The summed E-state index contributed by atoms with van der Waals surface area (Å²) in [5.74, 6) is 2.89. The average Bonchev–Trinajstić information content (AvgIpc) is 2.94. The molecule has 19 heavy (non-hydrogen) atoms. The fraction of sp³-hybridized carbons (Fsp3) is 0.571. The summed E-state index contributed by atoms with van der Waals surface area (Å²) in [6.07, 6.45) is 5.82. The predicted octanol–water partition coefficient (Wildman–Crippen LogP) is 4.37. The first kappa shape index (κ1) is 13.4. The number of halogens is 2. The SMILES string of the molecule is CC1CCCC1Cn1c(CCl)nc2cc(Br)cnc21. The van der Waals surface area contributed by atoms with Gasteiger partial charge in [-0.2, -0.15) is 0 Å². The molecule has 1 aliphatic carbocycles. The summed E-state index contributed by atoms with van der Waals surface area (Å²) in [5.41, 5.74) is 1.88. The molecule has 0 aromatic carbocycles. The van der Waals surface area contributed by atoms with E-state index in [1.807, 2.05) is 12.3 Å². The van der Waals surface area contributed by atoms with Crippen molar-refractivity contribution in [2.45, 2.75) is 38.6 Å². The Labute approximate surface area is 126 Å². The van der Waals surface area contributed by atoms with Crippen molar-refractivity contribution >= 4 is 38.7 Å². The predicted molar refractivity (Wildman–Crippen MR) is 81.3 cm³/mol. The molecule has 2 aromatic rings. The first-order valence-corrected chi connectivity index (χ1v) is 8.08. The van der Waals surface area contributed by atoms with Gasteiger partial charge in [-0.05, 0) is 40.3 Å². The van der Waals surface area contributed by atoms with E-state index in [1.54, 1.807) is 0 Å². The second-order valence-electron chi connectivity index (χ2n) is 5.44. The molecular weight excluding hydrogens is 326 g/mol. The van der Waals surface area contributed by atoms with E-state index < -0.39 is 0 Å². The number of hydrogen-bond acceptors (Lipinski definition) is 2. The number of pyridine rings is 1. The minimum absolute atomic E-state index is 0.440. The Kier molecular flexibility index (Phi) is 3.81. The Balaban J connectivity index is 2.00. The smallest absolute Gasteiger partial charge is 0.160 e. The number of imidazole rings is 1. The van der Waals surface area contributed by atoms with Crippen LogP contribution in [0.3, 0.4) is 0 Å². The fourth-order valence-corrected chi connectivity index (χ4v) is 3.58. The van der Waals surface area contributed by atoms with E-state index >= 15 is 0 Å². The van der Waals surface area contributed by atoms with Gasteiger partial charge in [0, 0.05) is 17.2 Å². The molecule has 0 bridgehead atoms. The van der Waals surface area contributed by atoms with E-state index in [0.29, 0.717) is 5.88 Å². The van der Waals surface area contributed by atoms with Crippen molar-refractivity contribution in [3.05, 3.63) is 22.6 Å². The number of nitrogens with zero attached hydrogens (tertiary/aromatic N) is 3. The molecule has 5 heteroatoms. The van der Waals surface area contributed by atoms with Crippen LogP contribution in [0.2, 0.25) is 0 Å². The average molecular weight is 343 g/mol. The highest BCUT2D eigenvalue weighted by molar-refractivity contribution is 9.10. The summed E-state index contributed by atoms with van der Waals surface area (Å²) in [5, 5.41) is 0. The van der Waals surface area contributed by atoms with Crippen LogP contribution in [0.1, 0.15) is 32.0 Å². The maximum absolute atomic E-state index is 6.04. The van der Waals surface area contributed by atoms with Crippen LogP contribution in [-0.4, -0.2) is 14.5 Å². The second-order valence-corrected chi connectivity index (χ2v) is 6.62. The van der Waals surface area contributed by atoms with Crippen molar-refractivity contribution in [3.63, 3.8) is 0 Å². The normalized spacial score (nSPS) is 23.3. The van der Waals surface area contributed by atoms with Crippen molar-refractivity contribution < 1.29 is 0 Å². The highest BCUT2D eigenvalue weighted by Crippen LogP contribution is 2.33. The topological polar surface area (TPSA) is 30.7 Å². The van der Waals surface area contributed by atoms with Gasteiger partial charge in [-0.25, -0.2) is 9.97 Å². The van der Waals surface area contributed by atoms with Gasteiger partial charge in [-0.15, -0.1) is 11.6 Å². The molecule has 0 saturated heterocycles. The summed E-state index contributed by atoms with van der Waals surface area (Å²) in [4.78, 5) is 9.11. The summed E-state index contributed by atoms with van der Waals surface area (Å²) < 4.78 is 3.17. The van der Waals surface area contributed by atoms with Gasteiger partial charge in [0.05, 0.1) is 5.88 Å². The van der Waals surface area contributed by atoms with Crippen LogP contribution in [-0.2, 0) is 12.4 Å². The minimum Gasteiger partial charge on any atom is -0.311 e. The van der Waals surface area contributed by atoms with Gasteiger partial charge < -0.3 is 4.57 Å². The van der Waals surface area contributed by atoms with Gasteiger partial charge in [-0.3, -0.25) is 0 Å². The molecule has 0 N–H and O–H groups in total. The van der Waals surface area contributed by atoms with Crippen molar-refractivity contribution in [2.75, 3.05) is 0 Å². The third-order valence-electron chi connectivity index (χ3n) is 4.21. The van der Waals surface area contributed by atoms with Crippen molar-refractivity contribution in [3.8, 4) is 0 Å². The van der Waals surface area contributed by atoms with E-state index in [4.69, 9.17) is 11.6 Å². The summed E-state index contributed by atoms with van der Waals surface area (Å²) >= 11 is 9.48. The largest absolute Gasteiger partial charge is 0.311 e. The Morgan fingerprint density at radius 3 is 3.00 bits per heavy atom. The molecule has 0 aliphatic heterocycles. The summed E-state index contributed by atoms with van der Waals surface area (Å²) in [7, 11) is 0. The first-order chi connectivity index (χ1) is 9.19. The van der Waals surface area contributed by atoms with Crippen LogP contribution >= 0.6 is 27.5 Å². The highest BCUT2D eigenvalue weighted by Gasteiger charge is 2.25. The standard InChI is InChI=1S/C14H17BrClN3/c1-9-3-2-4-10(9)8-19-13(6-16)18-12-5-11(15)7-17-14(12)19/h5,7,9-10H,2-4,6,8H2,1H3. The molecule has 2 aromatic heterocycles. The maximum atomic E-state index is 6.04. The molecule has 0 amide bonds. The Hall–Kier alpha value is -0.610. The lowest BCUT2D eigenvalue weighted by Gasteiger charge is -2.17. The minimum atomic E-state index is 0.440. The lowest BCUT2D eigenvalue weighted by Crippen LogP contribution is -2.15. The van der Waals surface area contributed by atoms with E-state index in [9.17, 15) is 0 Å². The lowest BCUT2D eigenvalue weighted by atomic mass is 9.98. The number of alkyl halides is 1. The van der Waals surface area contributed by atoms with Crippen molar-refractivity contribution in [1.29, 1.82) is 0 Å². The fourth-order valence-electron chi connectivity index (χ4n) is 3.06. The molecule has 0 spiro atoms. The van der Waals surface area contributed by atoms with Gasteiger partial charge in [0.1, 0.15) is 11.3 Å². The lowest BCUT2D eigenvalue weighted by molar-refractivity contribution is 0.364. The van der Waals surface area contributed by atoms with Gasteiger partial charge in [0.2, 0.25) is 0 Å². The second kappa shape index (κ2) is 5.41. The van der Waals surface area contributed by atoms with Crippen LogP contribution in [0.15, 0.2) is 16.7 Å². The molecule has 102 valence electrons. The highest BCUT2D eigenvalue weighted by atomic mass is 79.9. The monoisotopic (exact) mass is 341 g/mol. The molecule has 2 unspecified atom stereocenters. The zero-order chi connectivity index (χ0) is 13.4. The molecule has 3 nitrogen and oxygen atoms in total. The summed E-state index contributed by atoms with van der Waals surface area (Å²) in [6, 6.07) is 2.01. The Morgan fingerprint density at radius 2 is 2.32 bits per heavy atom. The van der Waals surface area contributed by atoms with Crippen molar-refractivity contribution in [2.24, 2.45) is 11.8 Å². The zero-order valence-electron chi connectivity index (χ0n) is 10.9. The van der Waals surface area contributed by atoms with E-state index in [1.165, 1.54) is 19.3 Å². The number of aromatic nitrogens is 3. The van der Waals surface area contributed by atoms with Gasteiger partial charge in [-0.1, -0.05) is 19.8 Å². The molecule has 1 aliphatic rings. The van der Waals surface area contributed by atoms with E-state index in [2.05, 4.69) is 37.4 Å². The van der Waals surface area contributed by atoms with Crippen molar-refractivity contribution in [1.82, 2.24) is 14.5 Å². The molecule has 1 fully saturated rings. The van der Waals surface area contributed by atoms with Crippen LogP contribution in [0.4, 0.5) is 0 Å². The molecule has 0 radical (unpaired) electrons. The molecule has 3 rings (SSSR count). The van der Waals surface area contributed by atoms with Gasteiger partial charge in [0.25, 0.3) is 0 Å². The van der Waals surface area contributed by atoms with Crippen LogP contribution < -0.4 is 0 Å². The zero-order valence-corrected chi connectivity index (χ0v) is 13.3. The maximum Gasteiger partial charge on any atom is 0.160 e. The first-order valence-electron chi connectivity index (χ1n) is 6.75.